The van der Waals surface area contributed by atoms with Crippen molar-refractivity contribution in [2.75, 3.05) is 11.9 Å². The first kappa shape index (κ1) is 17.5. The third-order valence-corrected chi connectivity index (χ3v) is 3.83. The number of alkyl halides is 2. The summed E-state index contributed by atoms with van der Waals surface area (Å²) in [7, 11) is 0. The molecule has 5 nitrogen and oxygen atoms in total. The minimum atomic E-state index is -2.73. The number of carbonyl (C=O) groups excluding carboxylic acids is 1. The van der Waals surface area contributed by atoms with E-state index in [2.05, 4.69) is 5.32 Å². The smallest absolute Gasteiger partial charge is 0.412 e. The molecule has 0 aliphatic heterocycles. The Morgan fingerprint density at radius 2 is 2.00 bits per heavy atom. The molecule has 4 N–H and O–H groups in total. The molecule has 1 aromatic rings. The molecule has 0 saturated heterocycles. The normalized spacial score (nSPS) is 18.9. The zero-order chi connectivity index (χ0) is 17.5. The Hall–Kier alpha value is -1.89. The van der Waals surface area contributed by atoms with Crippen molar-refractivity contribution >= 4 is 11.8 Å². The Morgan fingerprint density at radius 3 is 2.48 bits per heavy atom. The lowest BCUT2D eigenvalue weighted by Gasteiger charge is -2.47. The van der Waals surface area contributed by atoms with E-state index in [0.29, 0.717) is 5.56 Å². The molecule has 1 amide bonds. The van der Waals surface area contributed by atoms with E-state index in [9.17, 15) is 18.7 Å². The molecule has 0 heterocycles. The lowest BCUT2D eigenvalue weighted by Crippen LogP contribution is -2.53. The van der Waals surface area contributed by atoms with Crippen LogP contribution < -0.4 is 11.1 Å². The van der Waals surface area contributed by atoms with Crippen molar-refractivity contribution in [1.82, 2.24) is 0 Å². The largest absolute Gasteiger partial charge is 0.506 e. The Bertz CT molecular complexity index is 604. The first-order valence-electron chi connectivity index (χ1n) is 7.38. The minimum absolute atomic E-state index is 0.0687. The highest BCUT2D eigenvalue weighted by Gasteiger charge is 2.56. The monoisotopic (exact) mass is 328 g/mol. The number of phenolic OH excluding ortho intramolecular Hbond substituents is 1. The second-order valence-electron chi connectivity index (χ2n) is 7.05. The van der Waals surface area contributed by atoms with E-state index in [4.69, 9.17) is 10.5 Å². The van der Waals surface area contributed by atoms with Gasteiger partial charge in [0.2, 0.25) is 5.92 Å². The first-order chi connectivity index (χ1) is 10.5. The summed E-state index contributed by atoms with van der Waals surface area (Å²) in [6.07, 6.45) is -1.41. The molecule has 1 aliphatic carbocycles. The molecular formula is C16H22F2N2O3. The third-order valence-electron chi connectivity index (χ3n) is 3.83. The summed E-state index contributed by atoms with van der Waals surface area (Å²) in [4.78, 5) is 11.8. The number of aromatic hydroxyl groups is 1. The van der Waals surface area contributed by atoms with Crippen LogP contribution in [0.1, 0.15) is 39.2 Å². The molecule has 0 bridgehead atoms. The second-order valence-corrected chi connectivity index (χ2v) is 7.05. The molecule has 1 saturated carbocycles. The van der Waals surface area contributed by atoms with Gasteiger partial charge in [-0.1, -0.05) is 6.07 Å². The molecule has 0 atom stereocenters. The highest BCUT2D eigenvalue weighted by Crippen LogP contribution is 2.53. The van der Waals surface area contributed by atoms with E-state index in [0.717, 1.165) is 0 Å². The maximum absolute atomic E-state index is 13.3. The topological polar surface area (TPSA) is 84.6 Å². The van der Waals surface area contributed by atoms with Crippen LogP contribution in [-0.2, 0) is 10.2 Å². The highest BCUT2D eigenvalue weighted by atomic mass is 19.3. The van der Waals surface area contributed by atoms with E-state index >= 15 is 0 Å². The summed E-state index contributed by atoms with van der Waals surface area (Å²) in [5.41, 5.74) is 4.84. The fraction of sp³-hybridized carbons (Fsp3) is 0.562. The van der Waals surface area contributed by atoms with Gasteiger partial charge in [0.25, 0.3) is 0 Å². The van der Waals surface area contributed by atoms with E-state index in [-0.39, 0.29) is 30.8 Å². The number of nitrogens with one attached hydrogen (secondary N) is 1. The van der Waals surface area contributed by atoms with Crippen LogP contribution >= 0.6 is 0 Å². The number of ether oxygens (including phenoxy) is 1. The maximum atomic E-state index is 13.3. The lowest BCUT2D eigenvalue weighted by atomic mass is 9.62. The van der Waals surface area contributed by atoms with Crippen molar-refractivity contribution in [3.05, 3.63) is 23.8 Å². The quantitative estimate of drug-likeness (QED) is 0.743. The van der Waals surface area contributed by atoms with Crippen molar-refractivity contribution in [1.29, 1.82) is 0 Å². The van der Waals surface area contributed by atoms with E-state index in [1.54, 1.807) is 26.8 Å². The molecule has 0 aromatic heterocycles. The maximum Gasteiger partial charge on any atom is 0.412 e. The predicted molar refractivity (Wildman–Crippen MR) is 82.9 cm³/mol. The Kier molecular flexibility index (Phi) is 4.28. The van der Waals surface area contributed by atoms with Gasteiger partial charge in [-0.05, 0) is 38.5 Å². The number of anilines is 1. The molecule has 7 heteroatoms. The molecule has 1 aromatic carbocycles. The summed E-state index contributed by atoms with van der Waals surface area (Å²) in [6.45, 7) is 5.20. The van der Waals surface area contributed by atoms with Crippen molar-refractivity contribution < 1.29 is 23.4 Å². The van der Waals surface area contributed by atoms with Crippen LogP contribution in [0.4, 0.5) is 19.3 Å². The van der Waals surface area contributed by atoms with Gasteiger partial charge in [0.1, 0.15) is 11.4 Å². The summed E-state index contributed by atoms with van der Waals surface area (Å²) < 4.78 is 31.7. The molecule has 23 heavy (non-hydrogen) atoms. The number of halogens is 2. The van der Waals surface area contributed by atoms with Crippen LogP contribution in [0.3, 0.4) is 0 Å². The van der Waals surface area contributed by atoms with Gasteiger partial charge < -0.3 is 15.6 Å². The summed E-state index contributed by atoms with van der Waals surface area (Å²) in [5, 5.41) is 12.3. The number of phenols is 1. The number of benzene rings is 1. The number of hydrogen-bond acceptors (Lipinski definition) is 4. The summed E-state index contributed by atoms with van der Waals surface area (Å²) >= 11 is 0. The van der Waals surface area contributed by atoms with Gasteiger partial charge in [0, 0.05) is 24.8 Å². The second kappa shape index (κ2) is 5.63. The van der Waals surface area contributed by atoms with Gasteiger partial charge in [0.05, 0.1) is 5.69 Å². The number of carbonyl (C=O) groups is 1. The Labute approximate surface area is 133 Å². The van der Waals surface area contributed by atoms with Crippen molar-refractivity contribution in [3.63, 3.8) is 0 Å². The zero-order valence-corrected chi connectivity index (χ0v) is 13.5. The van der Waals surface area contributed by atoms with E-state index < -0.39 is 23.0 Å². The van der Waals surface area contributed by atoms with Crippen molar-refractivity contribution in [2.45, 2.75) is 50.6 Å². The molecule has 0 spiro atoms. The average molecular weight is 328 g/mol. The number of hydrogen-bond donors (Lipinski definition) is 3. The van der Waals surface area contributed by atoms with Gasteiger partial charge in [-0.25, -0.2) is 13.6 Å². The number of nitrogens with two attached hydrogens (primary N) is 1. The van der Waals surface area contributed by atoms with Crippen LogP contribution in [0.25, 0.3) is 0 Å². The van der Waals surface area contributed by atoms with Crippen molar-refractivity contribution in [3.8, 4) is 5.75 Å². The standard InChI is InChI=1S/C16H22F2N2O3/c1-14(2,3)23-13(22)20-11-6-10(4-5-12(11)21)15(9-19)7-16(17,18)8-15/h4-6,21H,7-9,19H2,1-3H3,(H,20,22). The van der Waals surface area contributed by atoms with Gasteiger partial charge >= 0.3 is 6.09 Å². The van der Waals surface area contributed by atoms with Crippen LogP contribution in [0.15, 0.2) is 18.2 Å². The predicted octanol–water partition coefficient (Wildman–Crippen LogP) is 3.36. The molecule has 2 rings (SSSR count). The lowest BCUT2D eigenvalue weighted by molar-refractivity contribution is -0.123. The van der Waals surface area contributed by atoms with Crippen LogP contribution in [0.5, 0.6) is 5.75 Å². The Balaban J connectivity index is 2.21. The van der Waals surface area contributed by atoms with E-state index in [1.807, 2.05) is 0 Å². The fourth-order valence-corrected chi connectivity index (χ4v) is 2.78. The summed E-state index contributed by atoms with van der Waals surface area (Å²) in [6, 6.07) is 4.38. The SMILES string of the molecule is CC(C)(C)OC(=O)Nc1cc(C2(CN)CC(F)(F)C2)ccc1O. The third kappa shape index (κ3) is 3.90. The molecule has 0 radical (unpaired) electrons. The van der Waals surface area contributed by atoms with Crippen molar-refractivity contribution in [2.24, 2.45) is 5.73 Å². The molecule has 1 aliphatic rings. The van der Waals surface area contributed by atoms with Crippen LogP contribution in [-0.4, -0.2) is 29.3 Å². The molecule has 0 unspecified atom stereocenters. The van der Waals surface area contributed by atoms with Gasteiger partial charge in [-0.2, -0.15) is 0 Å². The van der Waals surface area contributed by atoms with Gasteiger partial charge in [0.15, 0.2) is 0 Å². The molecular weight excluding hydrogens is 306 g/mol. The van der Waals surface area contributed by atoms with Gasteiger partial charge in [-0.15, -0.1) is 0 Å². The Morgan fingerprint density at radius 1 is 1.39 bits per heavy atom. The fourth-order valence-electron chi connectivity index (χ4n) is 2.78. The highest BCUT2D eigenvalue weighted by molar-refractivity contribution is 5.87. The van der Waals surface area contributed by atoms with Crippen LogP contribution in [0, 0.1) is 0 Å². The first-order valence-corrected chi connectivity index (χ1v) is 7.38. The van der Waals surface area contributed by atoms with E-state index in [1.165, 1.54) is 12.1 Å². The molecule has 128 valence electrons. The molecule has 1 fully saturated rings. The number of rotatable bonds is 3. The van der Waals surface area contributed by atoms with Gasteiger partial charge in [-0.3, -0.25) is 5.32 Å². The zero-order valence-electron chi connectivity index (χ0n) is 13.5. The summed E-state index contributed by atoms with van der Waals surface area (Å²) in [5.74, 6) is -2.89. The minimum Gasteiger partial charge on any atom is -0.506 e. The average Bonchev–Trinajstić information content (AvgIpc) is 2.35. The number of amides is 1. The van der Waals surface area contributed by atoms with Crippen LogP contribution in [0.2, 0.25) is 0 Å².